The minimum atomic E-state index is -0.386. The van der Waals surface area contributed by atoms with Crippen LogP contribution in [0.15, 0.2) is 60.7 Å². The molecule has 3 aromatic rings. The van der Waals surface area contributed by atoms with Crippen molar-refractivity contribution < 1.29 is 24.4 Å². The number of phenolic OH excluding ortho intramolecular Hbond substituents is 2. The lowest BCUT2D eigenvalue weighted by Gasteiger charge is -2.31. The molecular formula is C29H29NO5. The van der Waals surface area contributed by atoms with Gasteiger partial charge in [-0.2, -0.15) is 0 Å². The Hall–Kier alpha value is -3.64. The molecule has 1 fully saturated rings. The van der Waals surface area contributed by atoms with E-state index in [1.54, 1.807) is 24.3 Å². The smallest absolute Gasteiger partial charge is 0.150 e. The number of aromatic hydroxyl groups is 2. The van der Waals surface area contributed by atoms with Gasteiger partial charge in [0.15, 0.2) is 0 Å². The Balaban J connectivity index is 1.34. The molecule has 0 radical (unpaired) electrons. The lowest BCUT2D eigenvalue weighted by atomic mass is 9.84. The topological polar surface area (TPSA) is 71.4 Å². The quantitative estimate of drug-likeness (QED) is 0.519. The minimum absolute atomic E-state index is 0.168. The number of nitrogens with zero attached hydrogens (tertiary/aromatic N) is 1. The van der Waals surface area contributed by atoms with Crippen molar-refractivity contribution in [2.24, 2.45) is 0 Å². The molecule has 180 valence electrons. The van der Waals surface area contributed by atoms with Gasteiger partial charge in [0.1, 0.15) is 41.5 Å². The van der Waals surface area contributed by atoms with Gasteiger partial charge in [0.2, 0.25) is 0 Å². The van der Waals surface area contributed by atoms with Crippen LogP contribution in [0, 0.1) is 0 Å². The van der Waals surface area contributed by atoms with Gasteiger partial charge in [-0.3, -0.25) is 4.90 Å². The standard InChI is InChI=1S/C29H29NO5/c31-20-6-10-25-26(17-20)34-15-11-24-23-9-5-21(32)18-27(23)35-29(28(24)25)19-3-7-22(8-4-19)33-16-14-30-12-1-2-13-30/h3-10,17-18,29,31-32H,1-2,11-16H2. The normalized spacial score (nSPS) is 19.1. The van der Waals surface area contributed by atoms with Crippen LogP contribution in [0.25, 0.3) is 11.1 Å². The zero-order chi connectivity index (χ0) is 23.8. The van der Waals surface area contributed by atoms with Gasteiger partial charge in [-0.05, 0) is 73.5 Å². The van der Waals surface area contributed by atoms with Crippen LogP contribution >= 0.6 is 0 Å². The molecule has 1 atom stereocenters. The summed E-state index contributed by atoms with van der Waals surface area (Å²) in [6.45, 7) is 4.45. The van der Waals surface area contributed by atoms with E-state index >= 15 is 0 Å². The second-order valence-electron chi connectivity index (χ2n) is 9.32. The molecular weight excluding hydrogens is 442 g/mol. The van der Waals surface area contributed by atoms with Gasteiger partial charge in [0.05, 0.1) is 6.61 Å². The van der Waals surface area contributed by atoms with Crippen LogP contribution in [0.2, 0.25) is 0 Å². The highest BCUT2D eigenvalue weighted by Crippen LogP contribution is 2.51. The monoisotopic (exact) mass is 471 g/mol. The van der Waals surface area contributed by atoms with Crippen molar-refractivity contribution in [1.82, 2.24) is 4.90 Å². The summed E-state index contributed by atoms with van der Waals surface area (Å²) in [6.07, 6.45) is 2.87. The van der Waals surface area contributed by atoms with Gasteiger partial charge in [-0.15, -0.1) is 0 Å². The largest absolute Gasteiger partial charge is 0.508 e. The van der Waals surface area contributed by atoms with E-state index in [0.29, 0.717) is 31.1 Å². The van der Waals surface area contributed by atoms with Crippen LogP contribution in [-0.4, -0.2) is 48.0 Å². The summed E-state index contributed by atoms with van der Waals surface area (Å²) in [7, 11) is 0. The summed E-state index contributed by atoms with van der Waals surface area (Å²) in [5, 5.41) is 20.2. The number of ether oxygens (including phenoxy) is 3. The van der Waals surface area contributed by atoms with E-state index in [1.165, 1.54) is 25.9 Å². The van der Waals surface area contributed by atoms with E-state index in [4.69, 9.17) is 14.2 Å². The molecule has 0 spiro atoms. The molecule has 3 heterocycles. The van der Waals surface area contributed by atoms with Gasteiger partial charge in [-0.1, -0.05) is 12.1 Å². The Kier molecular flexibility index (Phi) is 5.74. The van der Waals surface area contributed by atoms with Crippen LogP contribution in [0.3, 0.4) is 0 Å². The number of likely N-dealkylation sites (tertiary alicyclic amines) is 1. The van der Waals surface area contributed by atoms with Crippen molar-refractivity contribution >= 4 is 11.1 Å². The Bertz CT molecular complexity index is 1260. The fourth-order valence-corrected chi connectivity index (χ4v) is 5.31. The van der Waals surface area contributed by atoms with Crippen LogP contribution in [0.5, 0.6) is 28.7 Å². The first-order valence-electron chi connectivity index (χ1n) is 12.3. The number of benzene rings is 3. The van der Waals surface area contributed by atoms with Gasteiger partial charge in [-0.25, -0.2) is 0 Å². The molecule has 1 saturated heterocycles. The highest BCUT2D eigenvalue weighted by Gasteiger charge is 2.34. The van der Waals surface area contributed by atoms with E-state index in [1.807, 2.05) is 36.4 Å². The summed E-state index contributed by atoms with van der Waals surface area (Å²) in [5.41, 5.74) is 5.01. The van der Waals surface area contributed by atoms with Crippen LogP contribution in [0.4, 0.5) is 0 Å². The van der Waals surface area contributed by atoms with Crippen molar-refractivity contribution in [3.05, 3.63) is 77.4 Å². The first kappa shape index (κ1) is 21.9. The summed E-state index contributed by atoms with van der Waals surface area (Å²) in [5.74, 6) is 2.48. The molecule has 2 N–H and O–H groups in total. The number of fused-ring (bicyclic) bond motifs is 4. The average molecular weight is 472 g/mol. The third kappa shape index (κ3) is 4.30. The van der Waals surface area contributed by atoms with Gasteiger partial charge in [0.25, 0.3) is 0 Å². The van der Waals surface area contributed by atoms with E-state index in [-0.39, 0.29) is 17.6 Å². The summed E-state index contributed by atoms with van der Waals surface area (Å²) < 4.78 is 18.5. The first-order valence-corrected chi connectivity index (χ1v) is 12.3. The molecule has 6 heteroatoms. The van der Waals surface area contributed by atoms with Crippen molar-refractivity contribution in [2.75, 3.05) is 32.8 Å². The summed E-state index contributed by atoms with van der Waals surface area (Å²) in [6, 6.07) is 18.6. The lowest BCUT2D eigenvalue weighted by molar-refractivity contribution is 0.237. The maximum absolute atomic E-state index is 10.1. The van der Waals surface area contributed by atoms with Crippen molar-refractivity contribution in [2.45, 2.75) is 25.4 Å². The fraction of sp³-hybridized carbons (Fsp3) is 0.310. The molecule has 0 aliphatic carbocycles. The van der Waals surface area contributed by atoms with E-state index < -0.39 is 0 Å². The first-order chi connectivity index (χ1) is 17.2. The van der Waals surface area contributed by atoms with Gasteiger partial charge >= 0.3 is 0 Å². The number of phenols is 2. The zero-order valence-corrected chi connectivity index (χ0v) is 19.6. The maximum Gasteiger partial charge on any atom is 0.150 e. The average Bonchev–Trinajstić information content (AvgIpc) is 3.31. The summed E-state index contributed by atoms with van der Waals surface area (Å²) in [4.78, 5) is 2.44. The van der Waals surface area contributed by atoms with Crippen molar-refractivity contribution in [3.8, 4) is 28.7 Å². The van der Waals surface area contributed by atoms with E-state index in [0.717, 1.165) is 40.1 Å². The van der Waals surface area contributed by atoms with Crippen molar-refractivity contribution in [3.63, 3.8) is 0 Å². The van der Waals surface area contributed by atoms with E-state index in [2.05, 4.69) is 4.90 Å². The predicted molar refractivity (Wildman–Crippen MR) is 134 cm³/mol. The highest BCUT2D eigenvalue weighted by atomic mass is 16.5. The molecule has 35 heavy (non-hydrogen) atoms. The molecule has 1 unspecified atom stereocenters. The second-order valence-corrected chi connectivity index (χ2v) is 9.32. The molecule has 0 aromatic heterocycles. The third-order valence-electron chi connectivity index (χ3n) is 7.05. The Morgan fingerprint density at radius 1 is 0.857 bits per heavy atom. The molecule has 0 saturated carbocycles. The second kappa shape index (κ2) is 9.19. The molecule has 6 nitrogen and oxygen atoms in total. The van der Waals surface area contributed by atoms with Crippen LogP contribution in [-0.2, 0) is 0 Å². The maximum atomic E-state index is 10.1. The lowest BCUT2D eigenvalue weighted by Crippen LogP contribution is -2.25. The van der Waals surface area contributed by atoms with Crippen LogP contribution in [0.1, 0.15) is 42.1 Å². The molecule has 3 aromatic carbocycles. The predicted octanol–water partition coefficient (Wildman–Crippen LogP) is 5.40. The minimum Gasteiger partial charge on any atom is -0.508 e. The molecule has 6 rings (SSSR count). The SMILES string of the molecule is Oc1ccc2c(c1)OC(c1ccc(OCCN3CCCC3)cc1)C1=C2CCOc2cc(O)ccc21. The Morgan fingerprint density at radius 2 is 1.57 bits per heavy atom. The van der Waals surface area contributed by atoms with Gasteiger partial charge < -0.3 is 24.4 Å². The number of rotatable bonds is 5. The fourth-order valence-electron chi connectivity index (χ4n) is 5.31. The van der Waals surface area contributed by atoms with Crippen LogP contribution < -0.4 is 14.2 Å². The molecule has 3 aliphatic rings. The third-order valence-corrected chi connectivity index (χ3v) is 7.05. The molecule has 0 amide bonds. The Labute approximate surface area is 205 Å². The number of hydrogen-bond donors (Lipinski definition) is 2. The zero-order valence-electron chi connectivity index (χ0n) is 19.6. The molecule has 0 bridgehead atoms. The van der Waals surface area contributed by atoms with E-state index in [9.17, 15) is 10.2 Å². The highest BCUT2D eigenvalue weighted by molar-refractivity contribution is 5.98. The number of hydrogen-bond acceptors (Lipinski definition) is 6. The molecule has 3 aliphatic heterocycles. The van der Waals surface area contributed by atoms with Gasteiger partial charge in [0, 0.05) is 41.8 Å². The summed E-state index contributed by atoms with van der Waals surface area (Å²) >= 11 is 0. The Morgan fingerprint density at radius 3 is 2.34 bits per heavy atom. The van der Waals surface area contributed by atoms with Crippen molar-refractivity contribution in [1.29, 1.82) is 0 Å².